The van der Waals surface area contributed by atoms with Gasteiger partial charge in [-0.25, -0.2) is 0 Å². The molecule has 0 spiro atoms. The van der Waals surface area contributed by atoms with E-state index < -0.39 is 0 Å². The van der Waals surface area contributed by atoms with Crippen LogP contribution < -0.4 is 5.32 Å². The molecule has 2 rings (SSSR count). The van der Waals surface area contributed by atoms with Crippen LogP contribution in [0.2, 0.25) is 5.02 Å². The van der Waals surface area contributed by atoms with E-state index in [0.717, 1.165) is 5.56 Å². The van der Waals surface area contributed by atoms with Crippen LogP contribution in [0.5, 0.6) is 0 Å². The van der Waals surface area contributed by atoms with E-state index in [0.29, 0.717) is 11.6 Å². The molecule has 0 fully saturated rings. The van der Waals surface area contributed by atoms with Crippen LogP contribution >= 0.6 is 11.6 Å². The van der Waals surface area contributed by atoms with Crippen molar-refractivity contribution >= 4 is 17.5 Å². The molecule has 0 radical (unpaired) electrons. The lowest BCUT2D eigenvalue weighted by Gasteiger charge is -2.16. The monoisotopic (exact) mass is 280 g/mol. The van der Waals surface area contributed by atoms with Crippen molar-refractivity contribution in [1.82, 2.24) is 20.7 Å². The average molecular weight is 281 g/mol. The molecule has 0 saturated carbocycles. The fraction of sp³-hybridized carbons (Fsp3) is 0.250. The fourth-order valence-electron chi connectivity index (χ4n) is 1.63. The second kappa shape index (κ2) is 6.31. The summed E-state index contributed by atoms with van der Waals surface area (Å²) in [5, 5.41) is 13.0. The molecule has 0 aliphatic rings. The summed E-state index contributed by atoms with van der Waals surface area (Å²) < 4.78 is 5.34. The number of carbonyl (C=O) groups is 1. The van der Waals surface area contributed by atoms with Crippen LogP contribution in [-0.4, -0.2) is 35.0 Å². The van der Waals surface area contributed by atoms with Crippen LogP contribution in [0.3, 0.4) is 0 Å². The first kappa shape index (κ1) is 13.5. The number of hydrogen-bond acceptors (Lipinski definition) is 4. The molecular weight excluding hydrogens is 268 g/mol. The van der Waals surface area contributed by atoms with Crippen LogP contribution in [0.1, 0.15) is 22.2 Å². The minimum absolute atomic E-state index is 0.237. The molecule has 100 valence electrons. The molecule has 1 amide bonds. The van der Waals surface area contributed by atoms with Gasteiger partial charge in [-0.3, -0.25) is 4.79 Å². The van der Waals surface area contributed by atoms with Crippen LogP contribution in [0.25, 0.3) is 0 Å². The molecule has 0 aliphatic carbocycles. The highest BCUT2D eigenvalue weighted by Crippen LogP contribution is 2.19. The molecule has 2 N–H and O–H groups in total. The smallest absolute Gasteiger partial charge is 0.273 e. The van der Waals surface area contributed by atoms with E-state index in [1.54, 1.807) is 19.2 Å². The highest BCUT2D eigenvalue weighted by Gasteiger charge is 2.14. The summed E-state index contributed by atoms with van der Waals surface area (Å²) in [6, 6.07) is 7.31. The SMILES string of the molecule is COC(CNC(=O)c1cn[nH]n1)c1cccc(Cl)c1. The zero-order valence-electron chi connectivity index (χ0n) is 10.3. The Morgan fingerprint density at radius 3 is 3.05 bits per heavy atom. The molecule has 6 nitrogen and oxygen atoms in total. The third kappa shape index (κ3) is 3.52. The number of aromatic nitrogens is 3. The van der Waals surface area contributed by atoms with Gasteiger partial charge in [0.1, 0.15) is 0 Å². The number of nitrogens with zero attached hydrogens (tertiary/aromatic N) is 2. The van der Waals surface area contributed by atoms with E-state index in [1.807, 2.05) is 12.1 Å². The molecule has 0 saturated heterocycles. The maximum Gasteiger partial charge on any atom is 0.273 e. The number of amides is 1. The van der Waals surface area contributed by atoms with Gasteiger partial charge in [-0.05, 0) is 17.7 Å². The van der Waals surface area contributed by atoms with Gasteiger partial charge >= 0.3 is 0 Å². The number of H-pyrrole nitrogens is 1. The molecule has 7 heteroatoms. The van der Waals surface area contributed by atoms with Gasteiger partial charge in [0.05, 0.1) is 12.3 Å². The quantitative estimate of drug-likeness (QED) is 0.871. The van der Waals surface area contributed by atoms with Gasteiger partial charge in [0.2, 0.25) is 0 Å². The molecule has 0 bridgehead atoms. The van der Waals surface area contributed by atoms with Crippen molar-refractivity contribution in [2.45, 2.75) is 6.10 Å². The first-order valence-corrected chi connectivity index (χ1v) is 6.00. The maximum absolute atomic E-state index is 11.7. The molecule has 1 atom stereocenters. The van der Waals surface area contributed by atoms with E-state index in [-0.39, 0.29) is 17.7 Å². The number of nitrogens with one attached hydrogen (secondary N) is 2. The Morgan fingerprint density at radius 1 is 1.58 bits per heavy atom. The maximum atomic E-state index is 11.7. The molecule has 1 aromatic heterocycles. The van der Waals surface area contributed by atoms with Crippen LogP contribution in [0.4, 0.5) is 0 Å². The Bertz CT molecular complexity index is 544. The number of rotatable bonds is 5. The lowest BCUT2D eigenvalue weighted by atomic mass is 10.1. The highest BCUT2D eigenvalue weighted by molar-refractivity contribution is 6.30. The number of ether oxygens (including phenoxy) is 1. The van der Waals surface area contributed by atoms with Crippen LogP contribution in [-0.2, 0) is 4.74 Å². The minimum Gasteiger partial charge on any atom is -0.375 e. The summed E-state index contributed by atoms with van der Waals surface area (Å²) in [6.45, 7) is 0.322. The number of halogens is 1. The Labute approximate surface area is 115 Å². The normalized spacial score (nSPS) is 12.1. The number of methoxy groups -OCH3 is 1. The number of aromatic amines is 1. The second-order valence-electron chi connectivity index (χ2n) is 3.84. The molecule has 2 aromatic rings. The fourth-order valence-corrected chi connectivity index (χ4v) is 1.83. The zero-order chi connectivity index (χ0) is 13.7. The molecule has 0 aliphatic heterocycles. The van der Waals surface area contributed by atoms with Gasteiger partial charge < -0.3 is 10.1 Å². The Hall–Kier alpha value is -1.92. The third-order valence-electron chi connectivity index (χ3n) is 2.60. The van der Waals surface area contributed by atoms with Crippen molar-refractivity contribution in [3.63, 3.8) is 0 Å². The summed E-state index contributed by atoms with van der Waals surface area (Å²) in [4.78, 5) is 11.7. The van der Waals surface area contributed by atoms with Gasteiger partial charge in [-0.1, -0.05) is 23.7 Å². The molecule has 1 unspecified atom stereocenters. The molecule has 1 heterocycles. The third-order valence-corrected chi connectivity index (χ3v) is 2.84. The van der Waals surface area contributed by atoms with Crippen molar-refractivity contribution in [2.24, 2.45) is 0 Å². The number of hydrogen-bond donors (Lipinski definition) is 2. The van der Waals surface area contributed by atoms with E-state index in [9.17, 15) is 4.79 Å². The molecule has 1 aromatic carbocycles. The topological polar surface area (TPSA) is 79.9 Å². The van der Waals surface area contributed by atoms with E-state index >= 15 is 0 Å². The van der Waals surface area contributed by atoms with Crippen molar-refractivity contribution in [1.29, 1.82) is 0 Å². The van der Waals surface area contributed by atoms with Gasteiger partial charge in [0.15, 0.2) is 5.69 Å². The minimum atomic E-state index is -0.308. The van der Waals surface area contributed by atoms with Crippen molar-refractivity contribution in [2.75, 3.05) is 13.7 Å². The Kier molecular flexibility index (Phi) is 4.48. The van der Waals surface area contributed by atoms with Gasteiger partial charge in [0.25, 0.3) is 5.91 Å². The second-order valence-corrected chi connectivity index (χ2v) is 4.28. The summed E-state index contributed by atoms with van der Waals surface area (Å²) in [5.41, 5.74) is 1.14. The summed E-state index contributed by atoms with van der Waals surface area (Å²) >= 11 is 5.92. The largest absolute Gasteiger partial charge is 0.375 e. The van der Waals surface area contributed by atoms with E-state index in [1.165, 1.54) is 6.20 Å². The van der Waals surface area contributed by atoms with E-state index in [2.05, 4.69) is 20.7 Å². The van der Waals surface area contributed by atoms with E-state index in [4.69, 9.17) is 16.3 Å². The van der Waals surface area contributed by atoms with Crippen molar-refractivity contribution < 1.29 is 9.53 Å². The lowest BCUT2D eigenvalue weighted by Crippen LogP contribution is -2.29. The zero-order valence-corrected chi connectivity index (χ0v) is 11.0. The Morgan fingerprint density at radius 2 is 2.42 bits per heavy atom. The van der Waals surface area contributed by atoms with Crippen LogP contribution in [0.15, 0.2) is 30.5 Å². The number of benzene rings is 1. The first-order valence-electron chi connectivity index (χ1n) is 5.63. The predicted molar refractivity (Wildman–Crippen MR) is 69.9 cm³/mol. The van der Waals surface area contributed by atoms with Crippen LogP contribution in [0, 0.1) is 0 Å². The predicted octanol–water partition coefficient (Wildman–Crippen LogP) is 1.58. The first-order chi connectivity index (χ1) is 9.20. The Balaban J connectivity index is 1.98. The summed E-state index contributed by atoms with van der Waals surface area (Å²) in [7, 11) is 1.58. The van der Waals surface area contributed by atoms with Gasteiger partial charge in [-0.15, -0.1) is 0 Å². The summed E-state index contributed by atoms with van der Waals surface area (Å²) in [5.74, 6) is -0.308. The number of carbonyl (C=O) groups excluding carboxylic acids is 1. The van der Waals surface area contributed by atoms with Gasteiger partial charge in [0, 0.05) is 18.7 Å². The van der Waals surface area contributed by atoms with Crippen molar-refractivity contribution in [3.8, 4) is 0 Å². The average Bonchev–Trinajstić information content (AvgIpc) is 2.93. The van der Waals surface area contributed by atoms with Gasteiger partial charge in [-0.2, -0.15) is 15.4 Å². The van der Waals surface area contributed by atoms with Crippen molar-refractivity contribution in [3.05, 3.63) is 46.7 Å². The molecule has 19 heavy (non-hydrogen) atoms. The highest BCUT2D eigenvalue weighted by atomic mass is 35.5. The standard InChI is InChI=1S/C12H13ClN4O2/c1-19-11(8-3-2-4-9(13)5-8)7-14-12(18)10-6-15-17-16-10/h2-6,11H,7H2,1H3,(H,14,18)(H,15,16,17). The lowest BCUT2D eigenvalue weighted by molar-refractivity contribution is 0.0824. The molecular formula is C12H13ClN4O2. The summed E-state index contributed by atoms with van der Waals surface area (Å²) in [6.07, 6.45) is 1.09.